The van der Waals surface area contributed by atoms with Crippen molar-refractivity contribution in [2.75, 3.05) is 13.2 Å². The summed E-state index contributed by atoms with van der Waals surface area (Å²) >= 11 is 0. The average Bonchev–Trinajstić information content (AvgIpc) is 3.16. The number of nitrogens with one attached hydrogen (secondary N) is 1. The van der Waals surface area contributed by atoms with Crippen LogP contribution in [0.5, 0.6) is 0 Å². The number of carboxylic acid groups (broad SMARTS) is 1. The Labute approximate surface area is 141 Å². The highest BCUT2D eigenvalue weighted by molar-refractivity contribution is 7.89. The van der Waals surface area contributed by atoms with Gasteiger partial charge in [0.15, 0.2) is 0 Å². The third-order valence-electron chi connectivity index (χ3n) is 4.81. The molecule has 2 aliphatic rings. The summed E-state index contributed by atoms with van der Waals surface area (Å²) in [7, 11) is -3.79. The summed E-state index contributed by atoms with van der Waals surface area (Å²) in [6.45, 7) is 1.17. The van der Waals surface area contributed by atoms with Crippen molar-refractivity contribution >= 4 is 16.0 Å². The van der Waals surface area contributed by atoms with Crippen LogP contribution in [-0.2, 0) is 19.6 Å². The molecule has 0 spiro atoms. The first-order chi connectivity index (χ1) is 11.5. The molecule has 0 aromatic carbocycles. The Bertz CT molecular complexity index is 681. The molecule has 1 saturated carbocycles. The van der Waals surface area contributed by atoms with Gasteiger partial charge in [0.2, 0.25) is 10.0 Å². The van der Waals surface area contributed by atoms with Gasteiger partial charge in [0.1, 0.15) is 4.90 Å². The van der Waals surface area contributed by atoms with Gasteiger partial charge >= 0.3 is 5.97 Å². The molecule has 1 aromatic rings. The third kappa shape index (κ3) is 3.79. The van der Waals surface area contributed by atoms with Crippen LogP contribution >= 0.6 is 0 Å². The Morgan fingerprint density at radius 1 is 1.29 bits per heavy atom. The second-order valence-electron chi connectivity index (χ2n) is 6.48. The Kier molecular flexibility index (Phi) is 5.21. The van der Waals surface area contributed by atoms with Gasteiger partial charge in [0.05, 0.1) is 24.8 Å². The fourth-order valence-electron chi connectivity index (χ4n) is 3.40. The summed E-state index contributed by atoms with van der Waals surface area (Å²) in [5, 5.41) is 13.5. The maximum absolute atomic E-state index is 12.6. The molecule has 2 fully saturated rings. The predicted molar refractivity (Wildman–Crippen MR) is 85.0 cm³/mol. The molecule has 0 bridgehead atoms. The van der Waals surface area contributed by atoms with E-state index in [4.69, 9.17) is 4.74 Å². The zero-order chi connectivity index (χ0) is 17.2. The Hall–Kier alpha value is -1.45. The van der Waals surface area contributed by atoms with Gasteiger partial charge in [-0.3, -0.25) is 9.48 Å². The molecule has 24 heavy (non-hydrogen) atoms. The molecule has 3 rings (SSSR count). The molecule has 1 aliphatic heterocycles. The minimum atomic E-state index is -3.79. The van der Waals surface area contributed by atoms with Gasteiger partial charge in [-0.2, -0.15) is 5.10 Å². The summed E-state index contributed by atoms with van der Waals surface area (Å²) in [4.78, 5) is 11.5. The lowest BCUT2D eigenvalue weighted by Crippen LogP contribution is -2.42. The summed E-state index contributed by atoms with van der Waals surface area (Å²) in [5.41, 5.74) is 0. The highest BCUT2D eigenvalue weighted by Gasteiger charge is 2.33. The van der Waals surface area contributed by atoms with Crippen molar-refractivity contribution in [3.8, 4) is 0 Å². The molecule has 134 valence electrons. The number of hydrogen-bond acceptors (Lipinski definition) is 5. The van der Waals surface area contributed by atoms with Crippen LogP contribution in [0, 0.1) is 5.92 Å². The minimum Gasteiger partial charge on any atom is -0.481 e. The van der Waals surface area contributed by atoms with Crippen LogP contribution in [0.1, 0.15) is 44.6 Å². The van der Waals surface area contributed by atoms with Crippen LogP contribution in [0.25, 0.3) is 0 Å². The zero-order valence-electron chi connectivity index (χ0n) is 13.4. The molecular formula is C15H23N3O5S. The second kappa shape index (κ2) is 7.20. The highest BCUT2D eigenvalue weighted by atomic mass is 32.2. The molecular weight excluding hydrogens is 334 g/mol. The fraction of sp³-hybridized carbons (Fsp3) is 0.733. The number of rotatable bonds is 5. The summed E-state index contributed by atoms with van der Waals surface area (Å²) in [5.74, 6) is -1.62. The third-order valence-corrected chi connectivity index (χ3v) is 6.25. The van der Waals surface area contributed by atoms with Gasteiger partial charge in [-0.15, -0.1) is 0 Å². The SMILES string of the molecule is O=C(O)[C@@H]1CCCCC[C@@H]1NS(=O)(=O)c1cnn(C2CCOC2)c1. The van der Waals surface area contributed by atoms with E-state index in [2.05, 4.69) is 9.82 Å². The maximum Gasteiger partial charge on any atom is 0.308 e. The number of sulfonamides is 1. The summed E-state index contributed by atoms with van der Waals surface area (Å²) < 4.78 is 34.7. The van der Waals surface area contributed by atoms with E-state index in [1.54, 1.807) is 4.68 Å². The second-order valence-corrected chi connectivity index (χ2v) is 8.20. The van der Waals surface area contributed by atoms with E-state index >= 15 is 0 Å². The van der Waals surface area contributed by atoms with E-state index in [1.807, 2.05) is 0 Å². The molecule has 3 atom stereocenters. The first-order valence-corrected chi connectivity index (χ1v) is 9.83. The molecule has 1 saturated heterocycles. The minimum absolute atomic E-state index is 0.0543. The van der Waals surface area contributed by atoms with E-state index in [0.29, 0.717) is 26.1 Å². The van der Waals surface area contributed by atoms with Crippen molar-refractivity contribution in [3.63, 3.8) is 0 Å². The number of nitrogens with zero attached hydrogens (tertiary/aromatic N) is 2. The van der Waals surface area contributed by atoms with Gasteiger partial charge in [-0.1, -0.05) is 19.3 Å². The topological polar surface area (TPSA) is 111 Å². The van der Waals surface area contributed by atoms with Gasteiger partial charge in [0, 0.05) is 18.8 Å². The number of hydrogen-bond donors (Lipinski definition) is 2. The predicted octanol–water partition coefficient (Wildman–Crippen LogP) is 1.16. The number of aromatic nitrogens is 2. The van der Waals surface area contributed by atoms with Crippen molar-refractivity contribution in [1.82, 2.24) is 14.5 Å². The standard InChI is InChI=1S/C15H23N3O5S/c19-15(20)13-4-2-1-3-5-14(13)17-24(21,22)12-8-16-18(9-12)11-6-7-23-10-11/h8-9,11,13-14,17H,1-7,10H2,(H,19,20)/t11?,13-,14+/m1/s1. The quantitative estimate of drug-likeness (QED) is 0.765. The molecule has 2 N–H and O–H groups in total. The van der Waals surface area contributed by atoms with E-state index < -0.39 is 28.0 Å². The van der Waals surface area contributed by atoms with Crippen molar-refractivity contribution < 1.29 is 23.1 Å². The molecule has 1 aliphatic carbocycles. The molecule has 9 heteroatoms. The lowest BCUT2D eigenvalue weighted by molar-refractivity contribution is -0.142. The van der Waals surface area contributed by atoms with Gasteiger partial charge in [0.25, 0.3) is 0 Å². The molecule has 0 amide bonds. The van der Waals surface area contributed by atoms with Gasteiger partial charge in [-0.25, -0.2) is 13.1 Å². The molecule has 1 aromatic heterocycles. The average molecular weight is 357 g/mol. The van der Waals surface area contributed by atoms with Crippen molar-refractivity contribution in [1.29, 1.82) is 0 Å². The van der Waals surface area contributed by atoms with Gasteiger partial charge < -0.3 is 9.84 Å². The molecule has 2 heterocycles. The number of carbonyl (C=O) groups is 1. The van der Waals surface area contributed by atoms with Gasteiger partial charge in [-0.05, 0) is 19.3 Å². The monoisotopic (exact) mass is 357 g/mol. The number of ether oxygens (including phenoxy) is 1. The Balaban J connectivity index is 1.75. The Morgan fingerprint density at radius 3 is 2.79 bits per heavy atom. The largest absolute Gasteiger partial charge is 0.481 e. The Morgan fingerprint density at radius 2 is 2.08 bits per heavy atom. The van der Waals surface area contributed by atoms with E-state index in [0.717, 1.165) is 25.7 Å². The van der Waals surface area contributed by atoms with Crippen LogP contribution in [-0.4, -0.2) is 48.5 Å². The van der Waals surface area contributed by atoms with Crippen LogP contribution in [0.3, 0.4) is 0 Å². The van der Waals surface area contributed by atoms with E-state index in [1.165, 1.54) is 12.4 Å². The number of aliphatic carboxylic acids is 1. The highest BCUT2D eigenvalue weighted by Crippen LogP contribution is 2.26. The number of carboxylic acids is 1. The van der Waals surface area contributed by atoms with E-state index in [9.17, 15) is 18.3 Å². The summed E-state index contributed by atoms with van der Waals surface area (Å²) in [6.07, 6.45) is 7.23. The van der Waals surface area contributed by atoms with Crippen molar-refractivity contribution in [2.24, 2.45) is 5.92 Å². The zero-order valence-corrected chi connectivity index (χ0v) is 14.2. The normalized spacial score (nSPS) is 28.6. The van der Waals surface area contributed by atoms with Crippen LogP contribution in [0.15, 0.2) is 17.3 Å². The smallest absolute Gasteiger partial charge is 0.308 e. The maximum atomic E-state index is 12.6. The molecule has 1 unspecified atom stereocenters. The lowest BCUT2D eigenvalue weighted by Gasteiger charge is -2.22. The van der Waals surface area contributed by atoms with Crippen molar-refractivity contribution in [2.45, 2.75) is 55.5 Å². The first-order valence-electron chi connectivity index (χ1n) is 8.34. The first kappa shape index (κ1) is 17.4. The van der Waals surface area contributed by atoms with Crippen LogP contribution < -0.4 is 4.72 Å². The fourth-order valence-corrected chi connectivity index (χ4v) is 4.65. The molecule has 0 radical (unpaired) electrons. The van der Waals surface area contributed by atoms with Crippen molar-refractivity contribution in [3.05, 3.63) is 12.4 Å². The van der Waals surface area contributed by atoms with Crippen LogP contribution in [0.2, 0.25) is 0 Å². The molecule has 8 nitrogen and oxygen atoms in total. The lowest BCUT2D eigenvalue weighted by atomic mass is 9.96. The van der Waals surface area contributed by atoms with E-state index in [-0.39, 0.29) is 10.9 Å². The van der Waals surface area contributed by atoms with Crippen LogP contribution in [0.4, 0.5) is 0 Å². The summed E-state index contributed by atoms with van der Waals surface area (Å²) in [6, 6.07) is -0.522.